The third-order valence-corrected chi connectivity index (χ3v) is 9.25. The van der Waals surface area contributed by atoms with Crippen molar-refractivity contribution in [1.29, 1.82) is 0 Å². The summed E-state index contributed by atoms with van der Waals surface area (Å²) in [7, 11) is 0. The molecular formula is C27H31FN4O3S2. The zero-order valence-electron chi connectivity index (χ0n) is 20.8. The van der Waals surface area contributed by atoms with Gasteiger partial charge in [0, 0.05) is 28.6 Å². The summed E-state index contributed by atoms with van der Waals surface area (Å²) in [6.07, 6.45) is 5.18. The standard InChI is InChI=1S/C27H31FN4O3S2/c1-2-37-22-9-3-17(4-10-22)25(33)30-19-5-7-20(8-6-19)32-26(34)23-15-18(28)16-29-24(23)31(27(32)35)21-11-13-36-14-12-21/h3-4,9-10,15-16,19-21H,2,5-8,11-14H2,1H3,(H,30,33)/t19-,20+. The smallest absolute Gasteiger partial charge is 0.333 e. The second kappa shape index (κ2) is 11.4. The van der Waals surface area contributed by atoms with Gasteiger partial charge in [-0.15, -0.1) is 11.8 Å². The minimum Gasteiger partial charge on any atom is -0.349 e. The minimum atomic E-state index is -0.590. The topological polar surface area (TPSA) is 86.0 Å². The summed E-state index contributed by atoms with van der Waals surface area (Å²) < 4.78 is 17.1. The molecule has 1 aliphatic heterocycles. The van der Waals surface area contributed by atoms with Crippen LogP contribution in [0.3, 0.4) is 0 Å². The van der Waals surface area contributed by atoms with E-state index in [-0.39, 0.29) is 40.8 Å². The number of fused-ring (bicyclic) bond motifs is 1. The van der Waals surface area contributed by atoms with Crippen LogP contribution in [0.15, 0.2) is 51.0 Å². The van der Waals surface area contributed by atoms with Gasteiger partial charge in [-0.2, -0.15) is 11.8 Å². The first-order valence-electron chi connectivity index (χ1n) is 12.9. The van der Waals surface area contributed by atoms with E-state index in [4.69, 9.17) is 0 Å². The summed E-state index contributed by atoms with van der Waals surface area (Å²) in [5.74, 6) is 2.14. The van der Waals surface area contributed by atoms with Crippen molar-refractivity contribution in [1.82, 2.24) is 19.4 Å². The molecule has 1 saturated carbocycles. The zero-order chi connectivity index (χ0) is 25.9. The average Bonchev–Trinajstić information content (AvgIpc) is 2.91. The molecule has 2 aliphatic rings. The molecule has 1 amide bonds. The average molecular weight is 543 g/mol. The van der Waals surface area contributed by atoms with Crippen molar-refractivity contribution in [3.63, 3.8) is 0 Å². The molecular weight excluding hydrogens is 511 g/mol. The molecule has 1 aliphatic carbocycles. The quantitative estimate of drug-likeness (QED) is 0.451. The van der Waals surface area contributed by atoms with Crippen LogP contribution in [0.2, 0.25) is 0 Å². The van der Waals surface area contributed by atoms with Crippen molar-refractivity contribution in [2.75, 3.05) is 17.3 Å². The molecule has 196 valence electrons. The van der Waals surface area contributed by atoms with Crippen molar-refractivity contribution >= 4 is 40.5 Å². The van der Waals surface area contributed by atoms with Gasteiger partial charge in [0.1, 0.15) is 11.5 Å². The Morgan fingerprint density at radius 3 is 2.41 bits per heavy atom. The van der Waals surface area contributed by atoms with E-state index in [2.05, 4.69) is 17.2 Å². The van der Waals surface area contributed by atoms with Crippen molar-refractivity contribution in [2.24, 2.45) is 0 Å². The summed E-state index contributed by atoms with van der Waals surface area (Å²) in [6, 6.07) is 8.42. The van der Waals surface area contributed by atoms with E-state index in [9.17, 15) is 18.8 Å². The summed E-state index contributed by atoms with van der Waals surface area (Å²) in [6.45, 7) is 2.09. The highest BCUT2D eigenvalue weighted by molar-refractivity contribution is 7.99. The van der Waals surface area contributed by atoms with Crippen LogP contribution in [0.25, 0.3) is 11.0 Å². The van der Waals surface area contributed by atoms with Crippen molar-refractivity contribution in [2.45, 2.75) is 68.5 Å². The molecule has 0 atom stereocenters. The Morgan fingerprint density at radius 2 is 1.73 bits per heavy atom. The van der Waals surface area contributed by atoms with E-state index in [1.54, 1.807) is 16.3 Å². The lowest BCUT2D eigenvalue weighted by Gasteiger charge is -2.31. The maximum absolute atomic E-state index is 14.1. The van der Waals surface area contributed by atoms with Gasteiger partial charge < -0.3 is 5.32 Å². The minimum absolute atomic E-state index is 0.0266. The number of pyridine rings is 1. The number of aromatic nitrogens is 3. The van der Waals surface area contributed by atoms with Crippen LogP contribution >= 0.6 is 23.5 Å². The SMILES string of the molecule is CCSc1ccc(C(=O)N[C@H]2CC[C@@H](n3c(=O)c4cc(F)cnc4n(C4CCSCC4)c3=O)CC2)cc1. The number of carbonyl (C=O) groups excluding carboxylic acids is 1. The molecule has 10 heteroatoms. The van der Waals surface area contributed by atoms with Crippen LogP contribution in [0.5, 0.6) is 0 Å². The van der Waals surface area contributed by atoms with Crippen LogP contribution in [0.1, 0.15) is 67.9 Å². The van der Waals surface area contributed by atoms with Gasteiger partial charge in [-0.25, -0.2) is 14.2 Å². The monoisotopic (exact) mass is 542 g/mol. The fourth-order valence-electron chi connectivity index (χ4n) is 5.42. The van der Waals surface area contributed by atoms with Gasteiger partial charge in [0.15, 0.2) is 0 Å². The van der Waals surface area contributed by atoms with Gasteiger partial charge >= 0.3 is 5.69 Å². The Labute approximate surface area is 223 Å². The van der Waals surface area contributed by atoms with Gasteiger partial charge in [-0.3, -0.25) is 18.7 Å². The number of nitrogens with one attached hydrogen (secondary N) is 1. The fourth-order valence-corrected chi connectivity index (χ4v) is 7.16. The number of nitrogens with zero attached hydrogens (tertiary/aromatic N) is 3. The molecule has 1 N–H and O–H groups in total. The van der Waals surface area contributed by atoms with E-state index in [0.29, 0.717) is 31.2 Å². The van der Waals surface area contributed by atoms with Crippen molar-refractivity contribution < 1.29 is 9.18 Å². The summed E-state index contributed by atoms with van der Waals surface area (Å²) in [4.78, 5) is 45.2. The normalized spacial score (nSPS) is 20.7. The molecule has 0 radical (unpaired) electrons. The molecule has 37 heavy (non-hydrogen) atoms. The van der Waals surface area contributed by atoms with E-state index in [1.807, 2.05) is 36.0 Å². The van der Waals surface area contributed by atoms with Gasteiger partial charge in [0.05, 0.1) is 11.6 Å². The van der Waals surface area contributed by atoms with Crippen molar-refractivity contribution in [3.05, 3.63) is 68.7 Å². The molecule has 0 spiro atoms. The van der Waals surface area contributed by atoms with Crippen LogP contribution < -0.4 is 16.6 Å². The third-order valence-electron chi connectivity index (χ3n) is 7.30. The summed E-state index contributed by atoms with van der Waals surface area (Å²) in [5, 5.41) is 3.26. The molecule has 5 rings (SSSR count). The molecule has 1 aromatic carbocycles. The number of halogens is 1. The zero-order valence-corrected chi connectivity index (χ0v) is 22.5. The number of thioether (sulfide) groups is 2. The number of hydrogen-bond donors (Lipinski definition) is 1. The second-order valence-corrected chi connectivity index (χ2v) is 12.2. The third kappa shape index (κ3) is 5.50. The lowest BCUT2D eigenvalue weighted by atomic mass is 9.90. The maximum Gasteiger partial charge on any atom is 0.333 e. The van der Waals surface area contributed by atoms with E-state index >= 15 is 0 Å². The highest BCUT2D eigenvalue weighted by Gasteiger charge is 2.29. The first-order chi connectivity index (χ1) is 18.0. The molecule has 3 aromatic rings. The molecule has 1 saturated heterocycles. The summed E-state index contributed by atoms with van der Waals surface area (Å²) >= 11 is 3.58. The number of benzene rings is 1. The highest BCUT2D eigenvalue weighted by Crippen LogP contribution is 2.30. The molecule has 2 aromatic heterocycles. The Bertz CT molecular complexity index is 1390. The molecule has 0 bridgehead atoms. The lowest BCUT2D eigenvalue weighted by molar-refractivity contribution is 0.0921. The Morgan fingerprint density at radius 1 is 1.05 bits per heavy atom. The predicted molar refractivity (Wildman–Crippen MR) is 147 cm³/mol. The van der Waals surface area contributed by atoms with Crippen LogP contribution in [0.4, 0.5) is 4.39 Å². The Hall–Kier alpha value is -2.59. The molecule has 3 heterocycles. The number of carbonyl (C=O) groups is 1. The maximum atomic E-state index is 14.1. The highest BCUT2D eigenvalue weighted by atomic mass is 32.2. The van der Waals surface area contributed by atoms with Gasteiger partial charge in [-0.1, -0.05) is 6.92 Å². The fraction of sp³-hybridized carbons (Fsp3) is 0.481. The van der Waals surface area contributed by atoms with Crippen LogP contribution in [-0.4, -0.2) is 43.3 Å². The molecule has 0 unspecified atom stereocenters. The summed E-state index contributed by atoms with van der Waals surface area (Å²) in [5.41, 5.74) is 0.0576. The molecule has 7 nitrogen and oxygen atoms in total. The molecule has 2 fully saturated rings. The largest absolute Gasteiger partial charge is 0.349 e. The second-order valence-electron chi connectivity index (χ2n) is 9.63. The lowest BCUT2D eigenvalue weighted by Crippen LogP contribution is -2.46. The number of rotatable bonds is 6. The van der Waals surface area contributed by atoms with Crippen LogP contribution in [0, 0.1) is 5.82 Å². The predicted octanol–water partition coefficient (Wildman–Crippen LogP) is 4.79. The first-order valence-corrected chi connectivity index (χ1v) is 15.0. The van der Waals surface area contributed by atoms with Crippen LogP contribution in [-0.2, 0) is 0 Å². The van der Waals surface area contributed by atoms with E-state index in [0.717, 1.165) is 41.2 Å². The van der Waals surface area contributed by atoms with E-state index < -0.39 is 11.4 Å². The first kappa shape index (κ1) is 26.0. The van der Waals surface area contributed by atoms with Gasteiger partial charge in [0.2, 0.25) is 0 Å². The number of amides is 1. The Balaban J connectivity index is 1.36. The van der Waals surface area contributed by atoms with Gasteiger partial charge in [-0.05, 0) is 86.1 Å². The number of hydrogen-bond acceptors (Lipinski definition) is 6. The van der Waals surface area contributed by atoms with Crippen molar-refractivity contribution in [3.8, 4) is 0 Å². The van der Waals surface area contributed by atoms with E-state index in [1.165, 1.54) is 10.6 Å². The van der Waals surface area contributed by atoms with Gasteiger partial charge in [0.25, 0.3) is 11.5 Å². The Kier molecular flexibility index (Phi) is 8.04.